The van der Waals surface area contributed by atoms with Crippen LogP contribution in [0.5, 0.6) is 0 Å². The summed E-state index contributed by atoms with van der Waals surface area (Å²) in [5.74, 6) is 1.30. The van der Waals surface area contributed by atoms with Gasteiger partial charge in [-0.05, 0) is 6.92 Å². The molecule has 0 aromatic carbocycles. The third kappa shape index (κ3) is 2.51. The van der Waals surface area contributed by atoms with Crippen molar-refractivity contribution in [1.29, 1.82) is 0 Å². The van der Waals surface area contributed by atoms with Crippen molar-refractivity contribution in [1.82, 2.24) is 15.0 Å². The highest BCUT2D eigenvalue weighted by molar-refractivity contribution is 6.20. The van der Waals surface area contributed by atoms with Crippen LogP contribution in [0, 0.1) is 0 Å². The summed E-state index contributed by atoms with van der Waals surface area (Å²) in [7, 11) is 0. The van der Waals surface area contributed by atoms with Crippen LogP contribution in [0.1, 0.15) is 18.1 Å². The highest BCUT2D eigenvalue weighted by Gasteiger charge is 2.17. The highest BCUT2D eigenvalue weighted by atomic mass is 35.5. The van der Waals surface area contributed by atoms with Crippen LogP contribution in [0.15, 0.2) is 0 Å². The van der Waals surface area contributed by atoms with Gasteiger partial charge in [-0.3, -0.25) is 0 Å². The number of halogens is 1. The average Bonchev–Trinajstić information content (AvgIpc) is 2.29. The van der Waals surface area contributed by atoms with E-state index >= 15 is 0 Å². The smallest absolute Gasteiger partial charge is 0.230 e. The molecule has 7 heteroatoms. The van der Waals surface area contributed by atoms with E-state index in [-0.39, 0.29) is 11.3 Å². The largest absolute Gasteiger partial charge is 0.378 e. The molecule has 1 atom stereocenters. The van der Waals surface area contributed by atoms with E-state index in [1.54, 1.807) is 6.92 Å². The summed E-state index contributed by atoms with van der Waals surface area (Å²) in [5, 5.41) is -0.273. The zero-order chi connectivity index (χ0) is 11.5. The number of nitrogens with two attached hydrogens (primary N) is 1. The van der Waals surface area contributed by atoms with Crippen LogP contribution in [-0.2, 0) is 4.74 Å². The minimum atomic E-state index is -0.273. The molecule has 0 spiro atoms. The molecule has 1 fully saturated rings. The molecule has 0 amide bonds. The van der Waals surface area contributed by atoms with Gasteiger partial charge in [-0.15, -0.1) is 11.6 Å². The minimum absolute atomic E-state index is 0.207. The standard InChI is InChI=1S/C9H14ClN5O/c1-6(10)7-12-8(11)14-9(13-7)15-2-4-16-5-3-15/h6H,2-5H2,1H3,(H2,11,12,13,14). The van der Waals surface area contributed by atoms with Gasteiger partial charge in [0.2, 0.25) is 11.9 Å². The Morgan fingerprint density at radius 1 is 1.31 bits per heavy atom. The SMILES string of the molecule is CC(Cl)c1nc(N)nc(N2CCOCC2)n1. The fourth-order valence-electron chi connectivity index (χ4n) is 1.48. The Bertz CT molecular complexity index is 367. The lowest BCUT2D eigenvalue weighted by molar-refractivity contribution is 0.122. The van der Waals surface area contributed by atoms with Crippen LogP contribution in [0.25, 0.3) is 0 Å². The summed E-state index contributed by atoms with van der Waals surface area (Å²) in [6.45, 7) is 4.69. The van der Waals surface area contributed by atoms with E-state index in [0.717, 1.165) is 13.1 Å². The van der Waals surface area contributed by atoms with Gasteiger partial charge in [0.25, 0.3) is 0 Å². The molecule has 2 rings (SSSR count). The number of rotatable bonds is 2. The second-order valence-corrected chi connectivity index (χ2v) is 4.22. The summed E-state index contributed by atoms with van der Waals surface area (Å²) in [6, 6.07) is 0. The Labute approximate surface area is 98.8 Å². The van der Waals surface area contributed by atoms with Crippen molar-refractivity contribution in [3.05, 3.63) is 5.82 Å². The predicted octanol–water partition coefficient (Wildman–Crippen LogP) is 0.590. The summed E-state index contributed by atoms with van der Waals surface area (Å²) < 4.78 is 5.26. The zero-order valence-electron chi connectivity index (χ0n) is 9.06. The highest BCUT2D eigenvalue weighted by Crippen LogP contribution is 2.18. The summed E-state index contributed by atoms with van der Waals surface area (Å²) >= 11 is 5.93. The van der Waals surface area contributed by atoms with E-state index in [1.165, 1.54) is 0 Å². The lowest BCUT2D eigenvalue weighted by Gasteiger charge is -2.26. The quantitative estimate of drug-likeness (QED) is 0.766. The van der Waals surface area contributed by atoms with Crippen molar-refractivity contribution in [3.8, 4) is 0 Å². The fraction of sp³-hybridized carbons (Fsp3) is 0.667. The van der Waals surface area contributed by atoms with E-state index in [1.807, 2.05) is 4.90 Å². The normalized spacial score (nSPS) is 18.5. The average molecular weight is 244 g/mol. The molecule has 0 aliphatic carbocycles. The fourth-order valence-corrected chi connectivity index (χ4v) is 1.58. The molecule has 2 N–H and O–H groups in total. The number of alkyl halides is 1. The molecule has 1 aromatic rings. The second kappa shape index (κ2) is 4.80. The lowest BCUT2D eigenvalue weighted by Crippen LogP contribution is -2.37. The first kappa shape index (κ1) is 11.3. The van der Waals surface area contributed by atoms with Gasteiger partial charge >= 0.3 is 0 Å². The third-order valence-electron chi connectivity index (χ3n) is 2.31. The third-order valence-corrected chi connectivity index (χ3v) is 2.50. The number of nitrogen functional groups attached to an aromatic ring is 1. The molecule has 1 aliphatic heterocycles. The maximum atomic E-state index is 5.93. The Hall–Kier alpha value is -1.14. The molecule has 0 bridgehead atoms. The first-order valence-corrected chi connectivity index (χ1v) is 5.58. The second-order valence-electron chi connectivity index (χ2n) is 3.57. The Morgan fingerprint density at radius 3 is 2.62 bits per heavy atom. The molecular formula is C9H14ClN5O. The van der Waals surface area contributed by atoms with Gasteiger partial charge in [-0.1, -0.05) is 0 Å². The van der Waals surface area contributed by atoms with Gasteiger partial charge in [-0.2, -0.15) is 15.0 Å². The van der Waals surface area contributed by atoms with Crippen LogP contribution < -0.4 is 10.6 Å². The zero-order valence-corrected chi connectivity index (χ0v) is 9.81. The number of morpholine rings is 1. The van der Waals surface area contributed by atoms with Crippen molar-refractivity contribution in [2.45, 2.75) is 12.3 Å². The summed E-state index contributed by atoms with van der Waals surface area (Å²) in [6.07, 6.45) is 0. The van der Waals surface area contributed by atoms with Crippen molar-refractivity contribution in [3.63, 3.8) is 0 Å². The molecule has 0 saturated carbocycles. The van der Waals surface area contributed by atoms with Gasteiger partial charge in [0.15, 0.2) is 5.82 Å². The van der Waals surface area contributed by atoms with Crippen LogP contribution in [0.4, 0.5) is 11.9 Å². The number of aromatic nitrogens is 3. The maximum absolute atomic E-state index is 5.93. The Morgan fingerprint density at radius 2 is 2.00 bits per heavy atom. The van der Waals surface area contributed by atoms with Gasteiger partial charge in [0.1, 0.15) is 0 Å². The number of hydrogen-bond acceptors (Lipinski definition) is 6. The molecule has 88 valence electrons. The van der Waals surface area contributed by atoms with E-state index in [4.69, 9.17) is 22.1 Å². The number of nitrogens with zero attached hydrogens (tertiary/aromatic N) is 4. The molecule has 2 heterocycles. The van der Waals surface area contributed by atoms with Gasteiger partial charge in [0, 0.05) is 13.1 Å². The van der Waals surface area contributed by atoms with Crippen LogP contribution in [0.3, 0.4) is 0 Å². The summed E-state index contributed by atoms with van der Waals surface area (Å²) in [5.41, 5.74) is 5.63. The number of anilines is 2. The van der Waals surface area contributed by atoms with Crippen molar-refractivity contribution in [2.24, 2.45) is 0 Å². The molecular weight excluding hydrogens is 230 g/mol. The van der Waals surface area contributed by atoms with Crippen molar-refractivity contribution in [2.75, 3.05) is 36.9 Å². The van der Waals surface area contributed by atoms with Gasteiger partial charge in [-0.25, -0.2) is 0 Å². The Balaban J connectivity index is 2.25. The maximum Gasteiger partial charge on any atom is 0.230 e. The molecule has 6 nitrogen and oxygen atoms in total. The molecule has 16 heavy (non-hydrogen) atoms. The summed E-state index contributed by atoms with van der Waals surface area (Å²) in [4.78, 5) is 14.4. The van der Waals surface area contributed by atoms with E-state index < -0.39 is 0 Å². The first-order chi connectivity index (χ1) is 7.66. The van der Waals surface area contributed by atoms with Crippen LogP contribution >= 0.6 is 11.6 Å². The molecule has 0 radical (unpaired) electrons. The first-order valence-electron chi connectivity index (χ1n) is 5.15. The van der Waals surface area contributed by atoms with E-state index in [9.17, 15) is 0 Å². The number of ether oxygens (including phenoxy) is 1. The molecule has 1 aliphatic rings. The van der Waals surface area contributed by atoms with Crippen molar-refractivity contribution < 1.29 is 4.74 Å². The molecule has 1 unspecified atom stereocenters. The number of hydrogen-bond donors (Lipinski definition) is 1. The molecule has 1 saturated heterocycles. The van der Waals surface area contributed by atoms with Gasteiger partial charge in [0.05, 0.1) is 18.6 Å². The molecule has 1 aromatic heterocycles. The minimum Gasteiger partial charge on any atom is -0.378 e. The lowest BCUT2D eigenvalue weighted by atomic mass is 10.4. The van der Waals surface area contributed by atoms with Gasteiger partial charge < -0.3 is 15.4 Å². The van der Waals surface area contributed by atoms with Crippen LogP contribution in [-0.4, -0.2) is 41.3 Å². The monoisotopic (exact) mass is 243 g/mol. The topological polar surface area (TPSA) is 77.2 Å². The van der Waals surface area contributed by atoms with E-state index in [0.29, 0.717) is 25.0 Å². The van der Waals surface area contributed by atoms with E-state index in [2.05, 4.69) is 15.0 Å². The Kier molecular flexibility index (Phi) is 3.40. The predicted molar refractivity (Wildman–Crippen MR) is 61.5 cm³/mol. The van der Waals surface area contributed by atoms with Crippen LogP contribution in [0.2, 0.25) is 0 Å². The van der Waals surface area contributed by atoms with Crippen molar-refractivity contribution >= 4 is 23.5 Å².